The minimum atomic E-state index is -0.901. The highest BCUT2D eigenvalue weighted by Crippen LogP contribution is 2.15. The number of ether oxygens (including phenoxy) is 1. The van der Waals surface area contributed by atoms with Crippen LogP contribution in [0.3, 0.4) is 0 Å². The van der Waals surface area contributed by atoms with E-state index in [0.29, 0.717) is 32.6 Å². The van der Waals surface area contributed by atoms with Crippen LogP contribution >= 0.6 is 0 Å². The molecule has 0 bridgehead atoms. The number of rotatable bonds is 5. The van der Waals surface area contributed by atoms with E-state index < -0.39 is 5.97 Å². The van der Waals surface area contributed by atoms with Crippen molar-refractivity contribution in [3.63, 3.8) is 0 Å². The Hall–Kier alpha value is -1.88. The minimum absolute atomic E-state index is 0.00720. The number of morpholine rings is 1. The third-order valence-electron chi connectivity index (χ3n) is 4.16. The summed E-state index contributed by atoms with van der Waals surface area (Å²) in [5.74, 6) is -0.893. The molecule has 0 aromatic heterocycles. The number of carbonyl (C=O) groups excluding carboxylic acids is 1. The molecular weight excluding hydrogens is 282 g/mol. The summed E-state index contributed by atoms with van der Waals surface area (Å²) in [6.45, 7) is 5.39. The van der Waals surface area contributed by atoms with Crippen molar-refractivity contribution in [1.29, 1.82) is 0 Å². The normalized spacial score (nSPS) is 18.3. The van der Waals surface area contributed by atoms with Crippen LogP contribution in [-0.4, -0.2) is 47.7 Å². The first-order valence-corrected chi connectivity index (χ1v) is 7.62. The van der Waals surface area contributed by atoms with Crippen molar-refractivity contribution in [2.45, 2.75) is 39.2 Å². The molecule has 0 radical (unpaired) electrons. The number of carboxylic acids is 1. The molecule has 0 aliphatic carbocycles. The molecule has 1 aliphatic rings. The van der Waals surface area contributed by atoms with Crippen molar-refractivity contribution in [1.82, 2.24) is 4.90 Å². The number of nitrogens with zero attached hydrogens (tertiary/aromatic N) is 1. The zero-order valence-corrected chi connectivity index (χ0v) is 13.2. The largest absolute Gasteiger partial charge is 0.481 e. The van der Waals surface area contributed by atoms with Crippen LogP contribution in [0.1, 0.15) is 29.5 Å². The second-order valence-corrected chi connectivity index (χ2v) is 5.83. The highest BCUT2D eigenvalue weighted by Gasteiger charge is 2.28. The molecule has 2 rings (SSSR count). The summed E-state index contributed by atoms with van der Waals surface area (Å²) in [7, 11) is 0. The van der Waals surface area contributed by atoms with E-state index in [1.165, 1.54) is 11.1 Å². The first-order valence-electron chi connectivity index (χ1n) is 7.62. The van der Waals surface area contributed by atoms with E-state index in [1.54, 1.807) is 4.90 Å². The van der Waals surface area contributed by atoms with Crippen molar-refractivity contribution in [2.24, 2.45) is 0 Å². The minimum Gasteiger partial charge on any atom is -0.481 e. The van der Waals surface area contributed by atoms with E-state index in [1.807, 2.05) is 6.07 Å². The van der Waals surface area contributed by atoms with Crippen molar-refractivity contribution >= 4 is 11.9 Å². The quantitative estimate of drug-likeness (QED) is 0.903. The van der Waals surface area contributed by atoms with Gasteiger partial charge in [-0.05, 0) is 37.0 Å². The molecule has 5 heteroatoms. The Morgan fingerprint density at radius 2 is 2.09 bits per heavy atom. The van der Waals surface area contributed by atoms with Gasteiger partial charge in [-0.2, -0.15) is 0 Å². The molecule has 0 spiro atoms. The molecule has 1 N–H and O–H groups in total. The van der Waals surface area contributed by atoms with Crippen LogP contribution in [0.25, 0.3) is 0 Å². The highest BCUT2D eigenvalue weighted by molar-refractivity contribution is 5.78. The van der Waals surface area contributed by atoms with Gasteiger partial charge >= 0.3 is 5.97 Å². The molecular formula is C17H23NO4. The predicted octanol–water partition coefficient (Wildman–Crippen LogP) is 1.94. The van der Waals surface area contributed by atoms with Crippen LogP contribution in [-0.2, 0) is 20.7 Å². The maximum absolute atomic E-state index is 12.4. The maximum atomic E-state index is 12.4. The van der Waals surface area contributed by atoms with E-state index in [9.17, 15) is 9.59 Å². The van der Waals surface area contributed by atoms with Gasteiger partial charge in [0.15, 0.2) is 0 Å². The Morgan fingerprint density at radius 3 is 2.77 bits per heavy atom. The molecule has 1 aliphatic heterocycles. The fraction of sp³-hybridized carbons (Fsp3) is 0.529. The van der Waals surface area contributed by atoms with E-state index in [2.05, 4.69) is 26.0 Å². The number of aliphatic carboxylic acids is 1. The number of carbonyl (C=O) groups is 2. The first kappa shape index (κ1) is 16.5. The number of amides is 1. The molecule has 0 saturated carbocycles. The van der Waals surface area contributed by atoms with Crippen LogP contribution in [0.15, 0.2) is 18.2 Å². The van der Waals surface area contributed by atoms with Crippen LogP contribution < -0.4 is 0 Å². The summed E-state index contributed by atoms with van der Waals surface area (Å²) >= 11 is 0. The topological polar surface area (TPSA) is 66.8 Å². The summed E-state index contributed by atoms with van der Waals surface area (Å²) in [4.78, 5) is 24.9. The van der Waals surface area contributed by atoms with Gasteiger partial charge in [-0.3, -0.25) is 9.59 Å². The fourth-order valence-corrected chi connectivity index (χ4v) is 2.71. The van der Waals surface area contributed by atoms with Crippen molar-refractivity contribution in [3.05, 3.63) is 34.9 Å². The van der Waals surface area contributed by atoms with Gasteiger partial charge in [-0.25, -0.2) is 0 Å². The fourth-order valence-electron chi connectivity index (χ4n) is 2.71. The van der Waals surface area contributed by atoms with Gasteiger partial charge in [0.25, 0.3) is 0 Å². The summed E-state index contributed by atoms with van der Waals surface area (Å²) in [6, 6.07) is 5.87. The van der Waals surface area contributed by atoms with Gasteiger partial charge in [0.05, 0.1) is 25.7 Å². The number of carboxylic acid groups (broad SMARTS) is 1. The zero-order valence-electron chi connectivity index (χ0n) is 13.2. The van der Waals surface area contributed by atoms with E-state index in [-0.39, 0.29) is 18.4 Å². The first-order chi connectivity index (χ1) is 10.5. The third-order valence-corrected chi connectivity index (χ3v) is 4.16. The van der Waals surface area contributed by atoms with Crippen LogP contribution in [0, 0.1) is 13.8 Å². The Labute approximate surface area is 130 Å². The predicted molar refractivity (Wildman–Crippen MR) is 82.8 cm³/mol. The zero-order chi connectivity index (χ0) is 16.1. The number of benzene rings is 1. The highest BCUT2D eigenvalue weighted by atomic mass is 16.5. The lowest BCUT2D eigenvalue weighted by Gasteiger charge is -2.35. The summed E-state index contributed by atoms with van der Waals surface area (Å²) in [5.41, 5.74) is 3.60. The number of hydrogen-bond donors (Lipinski definition) is 1. The second-order valence-electron chi connectivity index (χ2n) is 5.83. The van der Waals surface area contributed by atoms with E-state index in [0.717, 1.165) is 5.56 Å². The molecule has 0 unspecified atom stereocenters. The van der Waals surface area contributed by atoms with Crippen molar-refractivity contribution in [2.75, 3.05) is 19.8 Å². The molecule has 1 aromatic carbocycles. The summed E-state index contributed by atoms with van der Waals surface area (Å²) in [5, 5.41) is 8.94. The van der Waals surface area contributed by atoms with Crippen molar-refractivity contribution < 1.29 is 19.4 Å². The molecule has 22 heavy (non-hydrogen) atoms. The number of aryl methyl sites for hydroxylation is 3. The average molecular weight is 305 g/mol. The third kappa shape index (κ3) is 4.31. The monoisotopic (exact) mass is 305 g/mol. The average Bonchev–Trinajstić information content (AvgIpc) is 2.48. The molecule has 1 amide bonds. The van der Waals surface area contributed by atoms with Gasteiger partial charge in [-0.15, -0.1) is 0 Å². The molecule has 1 aromatic rings. The van der Waals surface area contributed by atoms with E-state index >= 15 is 0 Å². The molecule has 120 valence electrons. The Bertz CT molecular complexity index is 556. The van der Waals surface area contributed by atoms with Gasteiger partial charge < -0.3 is 14.7 Å². The lowest BCUT2D eigenvalue weighted by Crippen LogP contribution is -2.49. The lowest BCUT2D eigenvalue weighted by atomic mass is 10.0. The van der Waals surface area contributed by atoms with Crippen LogP contribution in [0.2, 0.25) is 0 Å². The standard InChI is InChI=1S/C17H23NO4/c1-12-3-4-14(9-13(12)2)5-6-16(19)18-7-8-22-11-15(18)10-17(20)21/h3-4,9,15H,5-8,10-11H2,1-2H3,(H,20,21)/t15-/m0/s1. The van der Waals surface area contributed by atoms with Crippen molar-refractivity contribution in [3.8, 4) is 0 Å². The number of hydrogen-bond acceptors (Lipinski definition) is 3. The van der Waals surface area contributed by atoms with E-state index in [4.69, 9.17) is 9.84 Å². The van der Waals surface area contributed by atoms with Crippen LogP contribution in [0.5, 0.6) is 0 Å². The Kier molecular flexibility index (Phi) is 5.55. The molecule has 1 atom stereocenters. The SMILES string of the molecule is Cc1ccc(CCC(=O)N2CCOC[C@@H]2CC(=O)O)cc1C. The lowest BCUT2D eigenvalue weighted by molar-refractivity contribution is -0.146. The summed E-state index contributed by atoms with van der Waals surface area (Å²) < 4.78 is 5.30. The van der Waals surface area contributed by atoms with Gasteiger partial charge in [-0.1, -0.05) is 18.2 Å². The summed E-state index contributed by atoms with van der Waals surface area (Å²) in [6.07, 6.45) is 1.02. The van der Waals surface area contributed by atoms with Gasteiger partial charge in [0.1, 0.15) is 0 Å². The molecule has 5 nitrogen and oxygen atoms in total. The van der Waals surface area contributed by atoms with Gasteiger partial charge in [0.2, 0.25) is 5.91 Å². The molecule has 1 heterocycles. The maximum Gasteiger partial charge on any atom is 0.305 e. The Morgan fingerprint density at radius 1 is 1.32 bits per heavy atom. The van der Waals surface area contributed by atoms with Gasteiger partial charge in [0, 0.05) is 13.0 Å². The second kappa shape index (κ2) is 7.40. The smallest absolute Gasteiger partial charge is 0.305 e. The molecule has 1 fully saturated rings. The van der Waals surface area contributed by atoms with Crippen LogP contribution in [0.4, 0.5) is 0 Å². The molecule has 1 saturated heterocycles. The Balaban J connectivity index is 1.94.